The van der Waals surface area contributed by atoms with Crippen LogP contribution < -0.4 is 15.4 Å². The van der Waals surface area contributed by atoms with E-state index in [1.807, 2.05) is 36.5 Å². The Kier molecular flexibility index (Phi) is 5.16. The number of nitrogens with one attached hydrogen (secondary N) is 2. The van der Waals surface area contributed by atoms with Gasteiger partial charge in [-0.3, -0.25) is 14.8 Å². The number of imide groups is 1. The smallest absolute Gasteiger partial charge is 0.322 e. The van der Waals surface area contributed by atoms with Crippen LogP contribution in [0.3, 0.4) is 0 Å². The summed E-state index contributed by atoms with van der Waals surface area (Å²) in [5.74, 6) is 0.876. The summed E-state index contributed by atoms with van der Waals surface area (Å²) in [6.07, 6.45) is 6.23. The van der Waals surface area contributed by atoms with Gasteiger partial charge in [-0.25, -0.2) is 4.79 Å². The summed E-state index contributed by atoms with van der Waals surface area (Å²) in [7, 11) is 1.56. The van der Waals surface area contributed by atoms with E-state index in [1.165, 1.54) is 12.8 Å². The molecule has 0 bridgehead atoms. The number of ether oxygens (including phenoxy) is 1. The molecule has 1 saturated heterocycles. The molecule has 3 heterocycles. The molecule has 9 heteroatoms. The number of urea groups is 1. The van der Waals surface area contributed by atoms with Gasteiger partial charge in [0.05, 0.1) is 25.4 Å². The van der Waals surface area contributed by atoms with Crippen molar-refractivity contribution in [1.29, 1.82) is 0 Å². The Morgan fingerprint density at radius 3 is 2.54 bits per heavy atom. The summed E-state index contributed by atoms with van der Waals surface area (Å²) in [6, 6.07) is 18.7. The minimum atomic E-state index is -1.39. The van der Waals surface area contributed by atoms with Crippen LogP contribution in [0.25, 0.3) is 32.8 Å². The van der Waals surface area contributed by atoms with Gasteiger partial charge in [0.1, 0.15) is 5.75 Å². The molecule has 1 saturated carbocycles. The third-order valence-electron chi connectivity index (χ3n) is 7.90. The van der Waals surface area contributed by atoms with Gasteiger partial charge in [-0.05, 0) is 65.8 Å². The predicted octanol–water partition coefficient (Wildman–Crippen LogP) is 4.52. The lowest BCUT2D eigenvalue weighted by atomic mass is 9.88. The maximum Gasteiger partial charge on any atom is 0.322 e. The lowest BCUT2D eigenvalue weighted by Crippen LogP contribution is -2.47. The summed E-state index contributed by atoms with van der Waals surface area (Å²) in [4.78, 5) is 25.5. The second kappa shape index (κ2) is 8.62. The molecule has 0 radical (unpaired) electrons. The molecule has 2 aromatic heterocycles. The molecular weight excluding hydrogens is 494 g/mol. The zero-order valence-electron chi connectivity index (χ0n) is 21.3. The number of carbonyl (C=O) groups is 2. The third kappa shape index (κ3) is 3.89. The highest BCUT2D eigenvalue weighted by Crippen LogP contribution is 2.36. The molecular formula is C30H27N5O4. The van der Waals surface area contributed by atoms with E-state index in [0.29, 0.717) is 16.7 Å². The van der Waals surface area contributed by atoms with E-state index in [4.69, 9.17) is 4.74 Å². The molecule has 39 heavy (non-hydrogen) atoms. The molecule has 5 aromatic rings. The minimum Gasteiger partial charge on any atom is -0.497 e. The number of carbonyl (C=O) groups excluding carboxylic acids is 2. The second-order valence-electron chi connectivity index (χ2n) is 10.5. The van der Waals surface area contributed by atoms with Crippen LogP contribution in [0.1, 0.15) is 18.4 Å². The fourth-order valence-electron chi connectivity index (χ4n) is 5.53. The van der Waals surface area contributed by atoms with E-state index in [9.17, 15) is 14.7 Å². The summed E-state index contributed by atoms with van der Waals surface area (Å²) >= 11 is 0. The topological polar surface area (TPSA) is 110 Å². The van der Waals surface area contributed by atoms with Crippen LogP contribution in [-0.2, 0) is 23.4 Å². The molecule has 0 spiro atoms. The molecule has 3 aromatic carbocycles. The molecule has 3 N–H and O–H groups in total. The van der Waals surface area contributed by atoms with Gasteiger partial charge in [-0.15, -0.1) is 0 Å². The molecule has 3 amide bonds. The zero-order chi connectivity index (χ0) is 26.7. The van der Waals surface area contributed by atoms with E-state index in [1.54, 1.807) is 30.0 Å². The number of aromatic hydroxyl groups is 1. The number of amides is 3. The van der Waals surface area contributed by atoms with E-state index in [-0.39, 0.29) is 12.4 Å². The van der Waals surface area contributed by atoms with Crippen molar-refractivity contribution in [2.24, 2.45) is 5.92 Å². The third-order valence-corrected chi connectivity index (χ3v) is 7.90. The molecule has 1 atom stereocenters. The quantitative estimate of drug-likeness (QED) is 0.273. The van der Waals surface area contributed by atoms with E-state index < -0.39 is 17.5 Å². The number of hydrogen-bond donors (Lipinski definition) is 3. The molecule has 9 nitrogen and oxygen atoms in total. The van der Waals surface area contributed by atoms with Crippen LogP contribution in [0.15, 0.2) is 73.1 Å². The van der Waals surface area contributed by atoms with Crippen molar-refractivity contribution < 1.29 is 19.4 Å². The average molecular weight is 522 g/mol. The molecule has 1 aliphatic heterocycles. The molecule has 7 rings (SSSR count). The van der Waals surface area contributed by atoms with Crippen LogP contribution in [0.5, 0.6) is 11.6 Å². The van der Waals surface area contributed by atoms with Gasteiger partial charge in [-0.1, -0.05) is 30.3 Å². The highest BCUT2D eigenvalue weighted by atomic mass is 16.5. The fraction of sp³-hybridized carbons (Fsp3) is 0.233. The molecule has 2 fully saturated rings. The highest BCUT2D eigenvalue weighted by Gasteiger charge is 2.48. The number of fused-ring (bicyclic) bond motifs is 2. The first-order valence-corrected chi connectivity index (χ1v) is 13.0. The van der Waals surface area contributed by atoms with Crippen molar-refractivity contribution in [1.82, 2.24) is 25.0 Å². The van der Waals surface area contributed by atoms with Crippen LogP contribution in [0, 0.1) is 5.92 Å². The first-order chi connectivity index (χ1) is 18.9. The Hall–Kier alpha value is -4.79. The monoisotopic (exact) mass is 521 g/mol. The number of benzene rings is 3. The predicted molar refractivity (Wildman–Crippen MR) is 146 cm³/mol. The number of aromatic nitrogens is 3. The van der Waals surface area contributed by atoms with Gasteiger partial charge in [0.15, 0.2) is 11.4 Å². The fourth-order valence-corrected chi connectivity index (χ4v) is 5.53. The summed E-state index contributed by atoms with van der Waals surface area (Å²) in [5, 5.41) is 23.2. The van der Waals surface area contributed by atoms with E-state index >= 15 is 0 Å². The first kappa shape index (κ1) is 23.3. The first-order valence-electron chi connectivity index (χ1n) is 13.0. The highest BCUT2D eigenvalue weighted by molar-refractivity contribution is 6.07. The Morgan fingerprint density at radius 1 is 1.03 bits per heavy atom. The van der Waals surface area contributed by atoms with Crippen molar-refractivity contribution in [2.75, 3.05) is 7.11 Å². The summed E-state index contributed by atoms with van der Waals surface area (Å²) in [6.45, 7) is 0.979. The van der Waals surface area contributed by atoms with E-state index in [2.05, 4.69) is 38.6 Å². The largest absolute Gasteiger partial charge is 0.497 e. The van der Waals surface area contributed by atoms with Crippen molar-refractivity contribution in [2.45, 2.75) is 31.5 Å². The van der Waals surface area contributed by atoms with Crippen LogP contribution in [0.4, 0.5) is 4.79 Å². The van der Waals surface area contributed by atoms with Crippen LogP contribution in [-0.4, -0.2) is 38.5 Å². The minimum absolute atomic E-state index is 0.00983. The van der Waals surface area contributed by atoms with Gasteiger partial charge < -0.3 is 19.7 Å². The summed E-state index contributed by atoms with van der Waals surface area (Å²) in [5.41, 5.74) is 2.38. The van der Waals surface area contributed by atoms with Gasteiger partial charge in [-0.2, -0.15) is 5.10 Å². The Balaban J connectivity index is 1.22. The van der Waals surface area contributed by atoms with Gasteiger partial charge in [0.25, 0.3) is 5.91 Å². The number of hydrogen-bond acceptors (Lipinski definition) is 5. The molecule has 1 aliphatic carbocycles. The second-order valence-corrected chi connectivity index (χ2v) is 10.5. The van der Waals surface area contributed by atoms with Crippen LogP contribution in [0.2, 0.25) is 0 Å². The average Bonchev–Trinajstić information content (AvgIpc) is 3.51. The number of rotatable bonds is 7. The van der Waals surface area contributed by atoms with Gasteiger partial charge in [0.2, 0.25) is 0 Å². The van der Waals surface area contributed by atoms with E-state index in [0.717, 1.165) is 39.9 Å². The maximum atomic E-state index is 13.2. The molecule has 2 aliphatic rings. The van der Waals surface area contributed by atoms with Crippen molar-refractivity contribution in [3.63, 3.8) is 0 Å². The lowest BCUT2D eigenvalue weighted by molar-refractivity contribution is -0.124. The van der Waals surface area contributed by atoms with Gasteiger partial charge >= 0.3 is 6.03 Å². The molecule has 196 valence electrons. The Bertz CT molecular complexity index is 1770. The Morgan fingerprint density at radius 2 is 1.82 bits per heavy atom. The van der Waals surface area contributed by atoms with Crippen molar-refractivity contribution in [3.8, 4) is 22.8 Å². The molecule has 0 unspecified atom stereocenters. The lowest BCUT2D eigenvalue weighted by Gasteiger charge is -2.27. The normalized spacial score (nSPS) is 19.0. The number of nitrogens with zero attached hydrogens (tertiary/aromatic N) is 3. The maximum absolute atomic E-state index is 13.2. The van der Waals surface area contributed by atoms with Crippen LogP contribution >= 0.6 is 0 Å². The standard InChI is InChI=1S/C30H27N5O4/c1-39-24-10-6-21-16-34(27(36)25(21)13-24)17-30(28(37)32-29(38)33-30)23-8-4-19(5-9-23)20-7-11-26-22(12-20)14-31-35(26)15-18-2-3-18/h4-14,16,18,36H,2-3,15,17H2,1H3,(H2,32,33,37,38)/t30-/m0/s1. The zero-order valence-corrected chi connectivity index (χ0v) is 21.3. The van der Waals surface area contributed by atoms with Crippen molar-refractivity contribution >= 4 is 33.6 Å². The van der Waals surface area contributed by atoms with Gasteiger partial charge in [0, 0.05) is 28.9 Å². The summed E-state index contributed by atoms with van der Waals surface area (Å²) < 4.78 is 8.95. The SMILES string of the molecule is COc1ccc2cn(C[C@@]3(c4ccc(-c5ccc6c(cnn6CC6CC6)c5)cc4)NC(=O)NC3=O)c(O)c2c1. The Labute approximate surface area is 224 Å². The number of methoxy groups -OCH3 is 1. The van der Waals surface area contributed by atoms with Crippen molar-refractivity contribution in [3.05, 3.63) is 78.6 Å².